The van der Waals surface area contributed by atoms with Gasteiger partial charge in [-0.3, -0.25) is 9.36 Å². The van der Waals surface area contributed by atoms with Gasteiger partial charge in [-0.2, -0.15) is 0 Å². The molecule has 4 nitrogen and oxygen atoms in total. The quantitative estimate of drug-likeness (QED) is 0.238. The van der Waals surface area contributed by atoms with Crippen LogP contribution in [0.1, 0.15) is 35.5 Å². The maximum atomic E-state index is 15.8. The molecule has 0 unspecified atom stereocenters. The molecule has 0 bridgehead atoms. The van der Waals surface area contributed by atoms with E-state index in [2.05, 4.69) is 0 Å². The van der Waals surface area contributed by atoms with Crippen molar-refractivity contribution in [1.29, 1.82) is 0 Å². The van der Waals surface area contributed by atoms with Gasteiger partial charge in [0, 0.05) is 23.4 Å². The Morgan fingerprint density at radius 3 is 2.26 bits per heavy atom. The van der Waals surface area contributed by atoms with E-state index in [-0.39, 0.29) is 35.6 Å². The molecule has 0 saturated heterocycles. The summed E-state index contributed by atoms with van der Waals surface area (Å²) in [4.78, 5) is 14.0. The number of para-hydroxylation sites is 1. The molecule has 5 aromatic rings. The number of carbonyl (C=O) groups excluding carboxylic acids is 1. The van der Waals surface area contributed by atoms with Crippen LogP contribution in [0.5, 0.6) is 0 Å². The highest BCUT2D eigenvalue weighted by molar-refractivity contribution is 6.03. The Morgan fingerprint density at radius 2 is 1.54 bits per heavy atom. The van der Waals surface area contributed by atoms with Crippen LogP contribution in [0.4, 0.5) is 18.9 Å². The number of benzene rings is 4. The van der Waals surface area contributed by atoms with Crippen molar-refractivity contribution in [3.63, 3.8) is 0 Å². The second-order valence-corrected chi connectivity index (χ2v) is 9.92. The summed E-state index contributed by atoms with van der Waals surface area (Å²) in [7, 11) is 0. The number of hydrogen-bond donors (Lipinski definition) is 1. The SMILES string of the molecule is CC(C)(OCc1ccccc1)C(=O)n1c(Cc2cccc(-c3cc(F)cc(F)c3)c2F)c(N)c2ccccc21. The van der Waals surface area contributed by atoms with Crippen LogP contribution in [-0.2, 0) is 17.8 Å². The molecule has 0 aliphatic heterocycles. The number of anilines is 1. The van der Waals surface area contributed by atoms with E-state index >= 15 is 4.39 Å². The number of fused-ring (bicyclic) bond motifs is 1. The first-order valence-corrected chi connectivity index (χ1v) is 12.5. The van der Waals surface area contributed by atoms with Gasteiger partial charge in [-0.1, -0.05) is 66.7 Å². The van der Waals surface area contributed by atoms with Crippen LogP contribution in [0, 0.1) is 17.5 Å². The minimum atomic E-state index is -1.24. The van der Waals surface area contributed by atoms with Crippen molar-refractivity contribution in [3.05, 3.63) is 125 Å². The lowest BCUT2D eigenvalue weighted by molar-refractivity contribution is -0.0196. The molecular formula is C32H27F3N2O2. The van der Waals surface area contributed by atoms with E-state index in [0.717, 1.165) is 23.8 Å². The summed E-state index contributed by atoms with van der Waals surface area (Å²) in [6, 6.07) is 24.2. The lowest BCUT2D eigenvalue weighted by atomic mass is 9.99. The Morgan fingerprint density at radius 1 is 0.872 bits per heavy atom. The number of carbonyl (C=O) groups is 1. The van der Waals surface area contributed by atoms with Gasteiger partial charge >= 0.3 is 0 Å². The standard InChI is InChI=1S/C32H27F3N2O2/c1-32(2,39-19-20-9-4-3-5-10-20)31(38)37-27-14-7-6-12-26(27)30(36)28(37)17-21-11-8-13-25(29(21)35)22-15-23(33)18-24(34)16-22/h3-16,18H,17,19,36H2,1-2H3. The third-order valence-electron chi connectivity index (χ3n) is 6.79. The van der Waals surface area contributed by atoms with Crippen molar-refractivity contribution in [1.82, 2.24) is 4.57 Å². The maximum absolute atomic E-state index is 15.8. The second-order valence-electron chi connectivity index (χ2n) is 9.92. The summed E-state index contributed by atoms with van der Waals surface area (Å²) in [6.07, 6.45) is -0.0293. The zero-order valence-corrected chi connectivity index (χ0v) is 21.5. The molecule has 0 amide bonds. The number of hydrogen-bond acceptors (Lipinski definition) is 3. The van der Waals surface area contributed by atoms with Gasteiger partial charge in [-0.15, -0.1) is 0 Å². The van der Waals surface area contributed by atoms with Gasteiger partial charge in [0.1, 0.15) is 23.1 Å². The number of halogens is 3. The number of nitrogens with two attached hydrogens (primary N) is 1. The molecule has 0 saturated carbocycles. The van der Waals surface area contributed by atoms with Crippen molar-refractivity contribution in [2.24, 2.45) is 0 Å². The van der Waals surface area contributed by atoms with Gasteiger partial charge in [-0.25, -0.2) is 13.2 Å². The molecule has 5 rings (SSSR count). The van der Waals surface area contributed by atoms with Gasteiger partial charge in [-0.05, 0) is 48.7 Å². The smallest absolute Gasteiger partial charge is 0.263 e. The van der Waals surface area contributed by atoms with Crippen molar-refractivity contribution in [3.8, 4) is 11.1 Å². The van der Waals surface area contributed by atoms with E-state index in [1.807, 2.05) is 36.4 Å². The predicted molar refractivity (Wildman–Crippen MR) is 147 cm³/mol. The molecule has 1 aromatic heterocycles. The van der Waals surface area contributed by atoms with Crippen LogP contribution in [0.2, 0.25) is 0 Å². The van der Waals surface area contributed by atoms with Crippen LogP contribution in [0.25, 0.3) is 22.0 Å². The fraction of sp³-hybridized carbons (Fsp3) is 0.156. The molecule has 0 atom stereocenters. The normalized spacial score (nSPS) is 11.7. The highest BCUT2D eigenvalue weighted by Gasteiger charge is 2.34. The summed E-state index contributed by atoms with van der Waals surface area (Å²) in [5, 5.41) is 0.656. The Balaban J connectivity index is 1.56. The fourth-order valence-electron chi connectivity index (χ4n) is 4.72. The Labute approximate surface area is 224 Å². The summed E-state index contributed by atoms with van der Waals surface area (Å²) in [6.45, 7) is 3.60. The lowest BCUT2D eigenvalue weighted by Gasteiger charge is -2.26. The molecule has 0 fully saturated rings. The fourth-order valence-corrected chi connectivity index (χ4v) is 4.72. The largest absolute Gasteiger partial charge is 0.397 e. The van der Waals surface area contributed by atoms with Gasteiger partial charge in [0.25, 0.3) is 5.91 Å². The van der Waals surface area contributed by atoms with Crippen molar-refractivity contribution < 1.29 is 22.7 Å². The van der Waals surface area contributed by atoms with Crippen molar-refractivity contribution >= 4 is 22.5 Å². The summed E-state index contributed by atoms with van der Waals surface area (Å²) >= 11 is 0. The number of nitrogens with zero attached hydrogens (tertiary/aromatic N) is 1. The lowest BCUT2D eigenvalue weighted by Crippen LogP contribution is -2.39. The van der Waals surface area contributed by atoms with E-state index in [4.69, 9.17) is 10.5 Å². The maximum Gasteiger partial charge on any atom is 0.263 e. The van der Waals surface area contributed by atoms with Crippen LogP contribution in [0.3, 0.4) is 0 Å². The molecule has 2 N–H and O–H groups in total. The van der Waals surface area contributed by atoms with E-state index in [1.165, 1.54) is 10.6 Å². The number of aromatic nitrogens is 1. The van der Waals surface area contributed by atoms with Crippen LogP contribution < -0.4 is 5.73 Å². The van der Waals surface area contributed by atoms with Crippen LogP contribution >= 0.6 is 0 Å². The van der Waals surface area contributed by atoms with Crippen LogP contribution in [0.15, 0.2) is 91.0 Å². The topological polar surface area (TPSA) is 57.2 Å². The monoisotopic (exact) mass is 528 g/mol. The highest BCUT2D eigenvalue weighted by atomic mass is 19.1. The van der Waals surface area contributed by atoms with Gasteiger partial charge in [0.2, 0.25) is 0 Å². The third kappa shape index (κ3) is 5.18. The van der Waals surface area contributed by atoms with Gasteiger partial charge < -0.3 is 10.5 Å². The highest BCUT2D eigenvalue weighted by Crippen LogP contribution is 2.34. The number of rotatable bonds is 7. The van der Waals surface area contributed by atoms with Gasteiger partial charge in [0.15, 0.2) is 0 Å². The minimum Gasteiger partial charge on any atom is -0.397 e. The molecular weight excluding hydrogens is 501 g/mol. The first-order chi connectivity index (χ1) is 18.7. The minimum absolute atomic E-state index is 0.0293. The van der Waals surface area contributed by atoms with E-state index < -0.39 is 23.1 Å². The Hall–Kier alpha value is -4.36. The van der Waals surface area contributed by atoms with E-state index in [9.17, 15) is 13.6 Å². The van der Waals surface area contributed by atoms with E-state index in [0.29, 0.717) is 22.3 Å². The molecule has 0 aliphatic carbocycles. The molecule has 4 aromatic carbocycles. The first kappa shape index (κ1) is 26.3. The average Bonchev–Trinajstić information content (AvgIpc) is 3.19. The molecule has 7 heteroatoms. The Bertz CT molecular complexity index is 1660. The second kappa shape index (κ2) is 10.4. The average molecular weight is 529 g/mol. The van der Waals surface area contributed by atoms with Crippen molar-refractivity contribution in [2.75, 3.05) is 5.73 Å². The zero-order chi connectivity index (χ0) is 27.7. The number of nitrogen functional groups attached to an aromatic ring is 1. The predicted octanol–water partition coefficient (Wildman–Crippen LogP) is 7.53. The van der Waals surface area contributed by atoms with Crippen molar-refractivity contribution in [2.45, 2.75) is 32.5 Å². The summed E-state index contributed by atoms with van der Waals surface area (Å²) in [5.74, 6) is -2.61. The molecule has 0 spiro atoms. The molecule has 1 heterocycles. The van der Waals surface area contributed by atoms with Gasteiger partial charge in [0.05, 0.1) is 23.5 Å². The first-order valence-electron chi connectivity index (χ1n) is 12.5. The zero-order valence-electron chi connectivity index (χ0n) is 21.5. The Kier molecular flexibility index (Phi) is 7.02. The molecule has 0 aliphatic rings. The molecule has 0 radical (unpaired) electrons. The molecule has 198 valence electrons. The molecule has 39 heavy (non-hydrogen) atoms. The summed E-state index contributed by atoms with van der Waals surface area (Å²) < 4.78 is 51.0. The van der Waals surface area contributed by atoms with E-state index in [1.54, 1.807) is 44.2 Å². The number of ether oxygens (including phenoxy) is 1. The third-order valence-corrected chi connectivity index (χ3v) is 6.79. The summed E-state index contributed by atoms with van der Waals surface area (Å²) in [5.41, 5.74) is 7.89. The van der Waals surface area contributed by atoms with Crippen LogP contribution in [-0.4, -0.2) is 16.1 Å².